The van der Waals surface area contributed by atoms with Gasteiger partial charge >= 0.3 is 0 Å². The first-order valence-corrected chi connectivity index (χ1v) is 6.40. The fraction of sp³-hybridized carbons (Fsp3) is 1.00. The van der Waals surface area contributed by atoms with Crippen LogP contribution >= 0.6 is 23.2 Å². The average molecular weight is 253 g/mol. The number of rotatable bonds is 6. The molecule has 0 spiro atoms. The lowest BCUT2D eigenvalue weighted by atomic mass is 10.1. The van der Waals surface area contributed by atoms with Gasteiger partial charge in [0, 0.05) is 18.0 Å². The van der Waals surface area contributed by atoms with Gasteiger partial charge in [0.05, 0.1) is 0 Å². The minimum Gasteiger partial charge on any atom is -0.316 e. The lowest BCUT2D eigenvalue weighted by Crippen LogP contribution is -2.37. The van der Waals surface area contributed by atoms with E-state index in [2.05, 4.69) is 31.4 Å². The highest BCUT2D eigenvalue weighted by Crippen LogP contribution is 2.52. The molecule has 0 saturated heterocycles. The zero-order valence-electron chi connectivity index (χ0n) is 9.87. The number of alkyl halides is 2. The summed E-state index contributed by atoms with van der Waals surface area (Å²) in [4.78, 5) is 0. The van der Waals surface area contributed by atoms with Crippen LogP contribution in [0.25, 0.3) is 0 Å². The third-order valence-corrected chi connectivity index (χ3v) is 3.46. The second-order valence-electron chi connectivity index (χ2n) is 5.40. The molecule has 0 aliphatic heterocycles. The van der Waals surface area contributed by atoms with Crippen LogP contribution in [0.2, 0.25) is 0 Å². The molecule has 1 aliphatic carbocycles. The molecule has 0 aromatic carbocycles. The van der Waals surface area contributed by atoms with Crippen molar-refractivity contribution >= 4 is 23.2 Å². The topological polar surface area (TPSA) is 24.1 Å². The number of hydrogen-bond acceptors (Lipinski definition) is 2. The lowest BCUT2D eigenvalue weighted by Gasteiger charge is -2.20. The van der Waals surface area contributed by atoms with Crippen molar-refractivity contribution in [3.8, 4) is 0 Å². The van der Waals surface area contributed by atoms with Gasteiger partial charge in [0.2, 0.25) is 0 Å². The number of hydrogen-bond donors (Lipinski definition) is 2. The molecule has 1 saturated carbocycles. The van der Waals surface area contributed by atoms with E-state index in [0.29, 0.717) is 5.92 Å². The molecule has 1 unspecified atom stereocenters. The molecule has 90 valence electrons. The molecular formula is C11H22Cl2N2. The molecule has 1 aliphatic rings. The number of halogens is 2. The Morgan fingerprint density at radius 1 is 1.27 bits per heavy atom. The fourth-order valence-corrected chi connectivity index (χ4v) is 1.97. The average Bonchev–Trinajstić information content (AvgIpc) is 2.64. The van der Waals surface area contributed by atoms with Gasteiger partial charge < -0.3 is 10.6 Å². The first-order chi connectivity index (χ1) is 6.81. The Balaban J connectivity index is 1.86. The molecule has 0 bridgehead atoms. The van der Waals surface area contributed by atoms with Crippen LogP contribution < -0.4 is 10.6 Å². The predicted octanol–water partition coefficient (Wildman–Crippen LogP) is 2.55. The first-order valence-electron chi connectivity index (χ1n) is 5.65. The smallest absolute Gasteiger partial charge is 0.122 e. The van der Waals surface area contributed by atoms with Crippen LogP contribution in [-0.2, 0) is 0 Å². The Morgan fingerprint density at radius 3 is 2.33 bits per heavy atom. The van der Waals surface area contributed by atoms with Crippen molar-refractivity contribution in [3.63, 3.8) is 0 Å². The van der Waals surface area contributed by atoms with Gasteiger partial charge in [-0.3, -0.25) is 0 Å². The van der Waals surface area contributed by atoms with Crippen molar-refractivity contribution in [2.75, 3.05) is 19.6 Å². The van der Waals surface area contributed by atoms with Crippen LogP contribution in [0.15, 0.2) is 0 Å². The maximum absolute atomic E-state index is 5.92. The summed E-state index contributed by atoms with van der Waals surface area (Å²) in [5, 5.41) is 6.83. The molecular weight excluding hydrogens is 231 g/mol. The summed E-state index contributed by atoms with van der Waals surface area (Å²) in [7, 11) is 0. The summed E-state index contributed by atoms with van der Waals surface area (Å²) in [6, 6.07) is 0. The minimum atomic E-state index is -0.434. The van der Waals surface area contributed by atoms with E-state index in [1.165, 1.54) is 0 Å². The standard InChI is InChI=1S/C11H22Cl2N2/c1-10(2,3)15-6-4-5-14-8-9-7-11(9,12)13/h9,14-15H,4-8H2,1-3H3. The van der Waals surface area contributed by atoms with E-state index < -0.39 is 4.33 Å². The summed E-state index contributed by atoms with van der Waals surface area (Å²) in [5.41, 5.74) is 0.220. The molecule has 0 aromatic rings. The second-order valence-corrected chi connectivity index (χ2v) is 6.94. The van der Waals surface area contributed by atoms with Gasteiger partial charge in [-0.1, -0.05) is 0 Å². The third-order valence-electron chi connectivity index (χ3n) is 2.53. The van der Waals surface area contributed by atoms with Crippen molar-refractivity contribution in [1.82, 2.24) is 10.6 Å². The van der Waals surface area contributed by atoms with E-state index >= 15 is 0 Å². The maximum Gasteiger partial charge on any atom is 0.122 e. The molecule has 2 N–H and O–H groups in total. The summed E-state index contributed by atoms with van der Waals surface area (Å²) in [5.74, 6) is 0.455. The predicted molar refractivity (Wildman–Crippen MR) is 67.8 cm³/mol. The monoisotopic (exact) mass is 252 g/mol. The molecule has 1 fully saturated rings. The Kier molecular flexibility index (Phi) is 4.72. The van der Waals surface area contributed by atoms with E-state index in [-0.39, 0.29) is 5.54 Å². The van der Waals surface area contributed by atoms with Gasteiger partial charge in [-0.15, -0.1) is 23.2 Å². The van der Waals surface area contributed by atoms with Crippen molar-refractivity contribution in [3.05, 3.63) is 0 Å². The summed E-state index contributed by atoms with van der Waals surface area (Å²) < 4.78 is -0.434. The van der Waals surface area contributed by atoms with Gasteiger partial charge in [0.15, 0.2) is 0 Å². The molecule has 1 atom stereocenters. The largest absolute Gasteiger partial charge is 0.316 e. The van der Waals surface area contributed by atoms with Crippen LogP contribution in [0.3, 0.4) is 0 Å². The third kappa shape index (κ3) is 5.96. The van der Waals surface area contributed by atoms with Crippen molar-refractivity contribution in [2.24, 2.45) is 5.92 Å². The van der Waals surface area contributed by atoms with Gasteiger partial charge in [0.25, 0.3) is 0 Å². The van der Waals surface area contributed by atoms with E-state index in [1.807, 2.05) is 0 Å². The molecule has 0 radical (unpaired) electrons. The van der Waals surface area contributed by atoms with Gasteiger partial charge in [-0.25, -0.2) is 0 Å². The van der Waals surface area contributed by atoms with Gasteiger partial charge in [-0.2, -0.15) is 0 Å². The quantitative estimate of drug-likeness (QED) is 0.561. The Morgan fingerprint density at radius 2 is 1.87 bits per heavy atom. The molecule has 0 heterocycles. The van der Waals surface area contributed by atoms with Gasteiger partial charge in [0.1, 0.15) is 4.33 Å². The second kappa shape index (κ2) is 5.22. The molecule has 15 heavy (non-hydrogen) atoms. The van der Waals surface area contributed by atoms with Crippen molar-refractivity contribution in [1.29, 1.82) is 0 Å². The highest BCUT2D eigenvalue weighted by Gasteiger charge is 2.50. The molecule has 0 amide bonds. The zero-order valence-corrected chi connectivity index (χ0v) is 11.4. The first kappa shape index (κ1) is 13.6. The Hall–Kier alpha value is 0.500. The van der Waals surface area contributed by atoms with E-state index in [0.717, 1.165) is 32.5 Å². The van der Waals surface area contributed by atoms with E-state index in [9.17, 15) is 0 Å². The van der Waals surface area contributed by atoms with Crippen molar-refractivity contribution < 1.29 is 0 Å². The van der Waals surface area contributed by atoms with E-state index in [4.69, 9.17) is 23.2 Å². The Bertz CT molecular complexity index is 199. The van der Waals surface area contributed by atoms with Crippen LogP contribution in [-0.4, -0.2) is 29.5 Å². The van der Waals surface area contributed by atoms with Gasteiger partial charge in [-0.05, 0) is 46.7 Å². The lowest BCUT2D eigenvalue weighted by molar-refractivity contribution is 0.418. The molecule has 4 heteroatoms. The molecule has 1 rings (SSSR count). The van der Waals surface area contributed by atoms with Crippen LogP contribution in [0, 0.1) is 5.92 Å². The van der Waals surface area contributed by atoms with Crippen LogP contribution in [0.4, 0.5) is 0 Å². The van der Waals surface area contributed by atoms with Crippen molar-refractivity contribution in [2.45, 2.75) is 43.5 Å². The molecule has 2 nitrogen and oxygen atoms in total. The maximum atomic E-state index is 5.92. The fourth-order valence-electron chi connectivity index (χ4n) is 1.44. The van der Waals surface area contributed by atoms with Crippen LogP contribution in [0.1, 0.15) is 33.6 Å². The number of nitrogens with one attached hydrogen (secondary N) is 2. The van der Waals surface area contributed by atoms with Crippen LogP contribution in [0.5, 0.6) is 0 Å². The summed E-state index contributed by atoms with van der Waals surface area (Å²) >= 11 is 11.8. The summed E-state index contributed by atoms with van der Waals surface area (Å²) in [6.07, 6.45) is 2.07. The normalized spacial score (nSPS) is 24.2. The minimum absolute atomic E-state index is 0.220. The molecule has 0 aromatic heterocycles. The summed E-state index contributed by atoms with van der Waals surface area (Å²) in [6.45, 7) is 9.57. The SMILES string of the molecule is CC(C)(C)NCCCNCC1CC1(Cl)Cl. The highest BCUT2D eigenvalue weighted by molar-refractivity contribution is 6.50. The zero-order chi connectivity index (χ0) is 11.5. The van der Waals surface area contributed by atoms with E-state index in [1.54, 1.807) is 0 Å². The Labute approximate surface area is 103 Å². The highest BCUT2D eigenvalue weighted by atomic mass is 35.5.